The number of alkyl halides is 3. The number of hydrogen-bond acceptors (Lipinski definition) is 2. The van der Waals surface area contributed by atoms with Crippen molar-refractivity contribution in [3.05, 3.63) is 22.7 Å². The van der Waals surface area contributed by atoms with E-state index in [4.69, 9.17) is 11.6 Å². The third-order valence-electron chi connectivity index (χ3n) is 2.54. The molecule has 0 saturated heterocycles. The molecule has 1 aromatic rings. The molecule has 0 unspecified atom stereocenters. The molecule has 1 aliphatic rings. The van der Waals surface area contributed by atoms with E-state index in [0.29, 0.717) is 17.9 Å². The summed E-state index contributed by atoms with van der Waals surface area (Å²) in [4.78, 5) is 1.84. The smallest absolute Gasteiger partial charge is 0.382 e. The molecule has 6 heteroatoms. The summed E-state index contributed by atoms with van der Waals surface area (Å²) in [5, 5.41) is 3.04. The molecule has 2 rings (SSSR count). The van der Waals surface area contributed by atoms with Crippen molar-refractivity contribution in [2.24, 2.45) is 0 Å². The van der Waals surface area contributed by atoms with Gasteiger partial charge in [0, 0.05) is 20.1 Å². The first-order valence-electron chi connectivity index (χ1n) is 4.75. The minimum atomic E-state index is -4.36. The van der Waals surface area contributed by atoms with E-state index in [9.17, 15) is 13.2 Å². The number of likely N-dealkylation sites (N-methyl/N-ethyl adjacent to an activating group) is 1. The van der Waals surface area contributed by atoms with Crippen molar-refractivity contribution in [2.45, 2.75) is 6.18 Å². The highest BCUT2D eigenvalue weighted by Gasteiger charge is 2.33. The fraction of sp³-hybridized carbons (Fsp3) is 0.400. The van der Waals surface area contributed by atoms with Gasteiger partial charge in [0.1, 0.15) is 0 Å². The van der Waals surface area contributed by atoms with E-state index in [-0.39, 0.29) is 5.02 Å². The Morgan fingerprint density at radius 2 is 2.06 bits per heavy atom. The molecule has 0 fully saturated rings. The van der Waals surface area contributed by atoms with Crippen LogP contribution in [0.5, 0.6) is 0 Å². The lowest BCUT2D eigenvalue weighted by atomic mass is 10.1. The fourth-order valence-corrected chi connectivity index (χ4v) is 2.12. The van der Waals surface area contributed by atoms with Crippen LogP contribution < -0.4 is 10.2 Å². The van der Waals surface area contributed by atoms with Gasteiger partial charge in [-0.2, -0.15) is 13.2 Å². The maximum atomic E-state index is 12.5. The molecule has 0 bridgehead atoms. The maximum absolute atomic E-state index is 12.5. The van der Waals surface area contributed by atoms with Crippen molar-refractivity contribution in [3.63, 3.8) is 0 Å². The third kappa shape index (κ3) is 1.91. The molecular formula is C10H10ClF3N2. The van der Waals surface area contributed by atoms with Gasteiger partial charge in [-0.15, -0.1) is 0 Å². The summed E-state index contributed by atoms with van der Waals surface area (Å²) in [5.41, 5.74) is 0.341. The quantitative estimate of drug-likeness (QED) is 0.761. The second-order valence-corrected chi connectivity index (χ2v) is 4.11. The van der Waals surface area contributed by atoms with Gasteiger partial charge >= 0.3 is 6.18 Å². The lowest BCUT2D eigenvalue weighted by Crippen LogP contribution is -2.31. The van der Waals surface area contributed by atoms with Crippen molar-refractivity contribution in [2.75, 3.05) is 30.4 Å². The topological polar surface area (TPSA) is 15.3 Å². The molecule has 0 spiro atoms. The summed E-state index contributed by atoms with van der Waals surface area (Å²) in [6, 6.07) is 2.06. The van der Waals surface area contributed by atoms with Crippen LogP contribution in [0.3, 0.4) is 0 Å². The van der Waals surface area contributed by atoms with Gasteiger partial charge in [-0.3, -0.25) is 0 Å². The molecule has 16 heavy (non-hydrogen) atoms. The van der Waals surface area contributed by atoms with Crippen LogP contribution in [0.15, 0.2) is 12.1 Å². The van der Waals surface area contributed by atoms with Crippen LogP contribution in [0.4, 0.5) is 24.5 Å². The summed E-state index contributed by atoms with van der Waals surface area (Å²) >= 11 is 5.87. The number of fused-ring (bicyclic) bond motifs is 1. The molecule has 88 valence electrons. The van der Waals surface area contributed by atoms with E-state index >= 15 is 0 Å². The molecule has 1 N–H and O–H groups in total. The molecule has 0 radical (unpaired) electrons. The third-order valence-corrected chi connectivity index (χ3v) is 2.82. The largest absolute Gasteiger partial charge is 0.416 e. The molecule has 1 aliphatic heterocycles. The van der Waals surface area contributed by atoms with E-state index < -0.39 is 11.7 Å². The van der Waals surface area contributed by atoms with Gasteiger partial charge in [-0.05, 0) is 12.1 Å². The maximum Gasteiger partial charge on any atom is 0.416 e. The second kappa shape index (κ2) is 3.73. The fourth-order valence-electron chi connectivity index (χ4n) is 1.76. The Balaban J connectivity index is 2.54. The number of hydrogen-bond donors (Lipinski definition) is 1. The zero-order valence-corrected chi connectivity index (χ0v) is 9.28. The SMILES string of the molecule is CN1CCNc2cc(C(F)(F)F)cc(Cl)c21. The Hall–Kier alpha value is -1.10. The lowest BCUT2D eigenvalue weighted by Gasteiger charge is -2.30. The highest BCUT2D eigenvalue weighted by atomic mass is 35.5. The van der Waals surface area contributed by atoms with Gasteiger partial charge in [0.2, 0.25) is 0 Å². The van der Waals surface area contributed by atoms with Crippen LogP contribution >= 0.6 is 11.6 Å². The van der Waals surface area contributed by atoms with E-state index in [0.717, 1.165) is 18.7 Å². The van der Waals surface area contributed by atoms with E-state index in [1.165, 1.54) is 0 Å². The molecule has 0 aliphatic carbocycles. The van der Waals surface area contributed by atoms with Gasteiger partial charge in [0.05, 0.1) is 22.0 Å². The van der Waals surface area contributed by atoms with Crippen molar-refractivity contribution < 1.29 is 13.2 Å². The van der Waals surface area contributed by atoms with Crippen LogP contribution in [0, 0.1) is 0 Å². The van der Waals surface area contributed by atoms with Crippen LogP contribution in [-0.2, 0) is 6.18 Å². The Morgan fingerprint density at radius 1 is 1.38 bits per heavy atom. The van der Waals surface area contributed by atoms with Crippen LogP contribution in [0.1, 0.15) is 5.56 Å². The molecule has 1 aromatic carbocycles. The average molecular weight is 251 g/mol. The van der Waals surface area contributed by atoms with Crippen LogP contribution in [0.25, 0.3) is 0 Å². The highest BCUT2D eigenvalue weighted by molar-refractivity contribution is 6.34. The molecule has 0 saturated carbocycles. The van der Waals surface area contributed by atoms with Gasteiger partial charge < -0.3 is 10.2 Å². The predicted octanol–water partition coefficient (Wildman–Crippen LogP) is 3.22. The standard InChI is InChI=1S/C10H10ClF3N2/c1-16-3-2-15-8-5-6(10(12,13)14)4-7(11)9(8)16/h4-5,15H,2-3H2,1H3. The van der Waals surface area contributed by atoms with Crippen LogP contribution in [0.2, 0.25) is 5.02 Å². The number of anilines is 2. The number of nitrogens with zero attached hydrogens (tertiary/aromatic N) is 1. The molecule has 0 atom stereocenters. The molecule has 1 heterocycles. The molecule has 0 amide bonds. The first kappa shape index (κ1) is 11.4. The summed E-state index contributed by atoms with van der Waals surface area (Å²) in [7, 11) is 1.80. The number of nitrogens with one attached hydrogen (secondary N) is 1. The van der Waals surface area contributed by atoms with Crippen LogP contribution in [-0.4, -0.2) is 20.1 Å². The van der Waals surface area contributed by atoms with Gasteiger partial charge in [0.25, 0.3) is 0 Å². The zero-order chi connectivity index (χ0) is 11.9. The second-order valence-electron chi connectivity index (χ2n) is 3.70. The van der Waals surface area contributed by atoms with E-state index in [2.05, 4.69) is 5.32 Å². The summed E-state index contributed by atoms with van der Waals surface area (Å²) < 4.78 is 37.6. The number of benzene rings is 1. The number of halogens is 4. The van der Waals surface area contributed by atoms with Gasteiger partial charge in [-0.25, -0.2) is 0 Å². The van der Waals surface area contributed by atoms with E-state index in [1.807, 2.05) is 4.90 Å². The minimum Gasteiger partial charge on any atom is -0.382 e. The Bertz CT molecular complexity index is 417. The Morgan fingerprint density at radius 3 is 2.69 bits per heavy atom. The zero-order valence-electron chi connectivity index (χ0n) is 8.53. The Labute approximate surface area is 96.0 Å². The van der Waals surface area contributed by atoms with Gasteiger partial charge in [-0.1, -0.05) is 11.6 Å². The first-order chi connectivity index (χ1) is 7.39. The summed E-state index contributed by atoms with van der Waals surface area (Å²) in [6.07, 6.45) is -4.36. The minimum absolute atomic E-state index is 0.125. The highest BCUT2D eigenvalue weighted by Crippen LogP contribution is 2.41. The predicted molar refractivity (Wildman–Crippen MR) is 58.2 cm³/mol. The van der Waals surface area contributed by atoms with Crippen molar-refractivity contribution in [3.8, 4) is 0 Å². The van der Waals surface area contributed by atoms with Crippen molar-refractivity contribution in [1.29, 1.82) is 0 Å². The lowest BCUT2D eigenvalue weighted by molar-refractivity contribution is -0.137. The van der Waals surface area contributed by atoms with Crippen molar-refractivity contribution in [1.82, 2.24) is 0 Å². The van der Waals surface area contributed by atoms with E-state index in [1.54, 1.807) is 7.05 Å². The summed E-state index contributed by atoms with van der Waals surface area (Å²) in [5.74, 6) is 0. The number of rotatable bonds is 0. The first-order valence-corrected chi connectivity index (χ1v) is 5.13. The normalized spacial score (nSPS) is 15.7. The molecule has 0 aromatic heterocycles. The monoisotopic (exact) mass is 250 g/mol. The molecular weight excluding hydrogens is 241 g/mol. The van der Waals surface area contributed by atoms with Gasteiger partial charge in [0.15, 0.2) is 0 Å². The summed E-state index contributed by atoms with van der Waals surface area (Å²) in [6.45, 7) is 1.33. The Kier molecular flexibility index (Phi) is 2.66. The average Bonchev–Trinajstić information content (AvgIpc) is 2.15. The molecule has 2 nitrogen and oxygen atoms in total. The van der Waals surface area contributed by atoms with Crippen molar-refractivity contribution >= 4 is 23.0 Å².